The molecule has 0 bridgehead atoms. The zero-order chi connectivity index (χ0) is 13.5. The Morgan fingerprint density at radius 3 is 3.00 bits per heavy atom. The molecule has 5 nitrogen and oxygen atoms in total. The van der Waals surface area contributed by atoms with Crippen LogP contribution in [-0.2, 0) is 16.0 Å². The van der Waals surface area contributed by atoms with Crippen LogP contribution in [0.2, 0.25) is 0 Å². The second-order valence-electron chi connectivity index (χ2n) is 4.92. The number of carbonyl (C=O) groups excluding carboxylic acids is 1. The molecule has 1 aliphatic heterocycles. The van der Waals surface area contributed by atoms with Gasteiger partial charge in [0.15, 0.2) is 0 Å². The lowest BCUT2D eigenvalue weighted by molar-refractivity contribution is -0.123. The Hall–Kier alpha value is -1.46. The molecule has 0 saturated carbocycles. The van der Waals surface area contributed by atoms with Crippen LogP contribution in [0.25, 0.3) is 0 Å². The molecule has 5 heteroatoms. The topological polar surface area (TPSA) is 54.5 Å². The quantitative estimate of drug-likeness (QED) is 0.838. The smallest absolute Gasteiger partial charge is 0.234 e. The average Bonchev–Trinajstić information content (AvgIpc) is 2.40. The van der Waals surface area contributed by atoms with Crippen molar-refractivity contribution < 1.29 is 9.53 Å². The van der Waals surface area contributed by atoms with Crippen molar-refractivity contribution in [2.75, 3.05) is 32.8 Å². The van der Waals surface area contributed by atoms with Crippen LogP contribution in [0.1, 0.15) is 12.5 Å². The largest absolute Gasteiger partial charge is 0.379 e. The molecule has 1 saturated heterocycles. The van der Waals surface area contributed by atoms with Crippen molar-refractivity contribution in [1.29, 1.82) is 0 Å². The van der Waals surface area contributed by atoms with E-state index in [0.717, 1.165) is 38.3 Å². The lowest BCUT2D eigenvalue weighted by Gasteiger charge is -2.26. The monoisotopic (exact) mass is 263 g/mol. The number of hydrogen-bond donors (Lipinski definition) is 1. The highest BCUT2D eigenvalue weighted by Gasteiger charge is 2.15. The molecular formula is C14H21N3O2. The second-order valence-corrected chi connectivity index (χ2v) is 4.92. The maximum Gasteiger partial charge on any atom is 0.234 e. The minimum atomic E-state index is 0.0818. The summed E-state index contributed by atoms with van der Waals surface area (Å²) >= 11 is 0. The number of hydrogen-bond acceptors (Lipinski definition) is 4. The van der Waals surface area contributed by atoms with Gasteiger partial charge in [-0.15, -0.1) is 0 Å². The first-order valence-corrected chi connectivity index (χ1v) is 6.72. The summed E-state index contributed by atoms with van der Waals surface area (Å²) < 4.78 is 5.26. The van der Waals surface area contributed by atoms with Gasteiger partial charge >= 0.3 is 0 Å². The van der Waals surface area contributed by atoms with Gasteiger partial charge in [-0.25, -0.2) is 0 Å². The minimum absolute atomic E-state index is 0.0818. The van der Waals surface area contributed by atoms with Crippen LogP contribution in [0, 0.1) is 0 Å². The second kappa shape index (κ2) is 7.21. The molecule has 0 unspecified atom stereocenters. The van der Waals surface area contributed by atoms with Crippen LogP contribution in [0.3, 0.4) is 0 Å². The molecule has 0 aliphatic carbocycles. The van der Waals surface area contributed by atoms with Gasteiger partial charge in [-0.2, -0.15) is 0 Å². The molecule has 1 amide bonds. The van der Waals surface area contributed by atoms with Gasteiger partial charge in [0.25, 0.3) is 0 Å². The number of nitrogens with one attached hydrogen (secondary N) is 1. The van der Waals surface area contributed by atoms with Gasteiger partial charge in [-0.3, -0.25) is 14.7 Å². The average molecular weight is 263 g/mol. The van der Waals surface area contributed by atoms with E-state index in [0.29, 0.717) is 6.54 Å². The molecule has 2 heterocycles. The molecule has 104 valence electrons. The Kier molecular flexibility index (Phi) is 5.30. The van der Waals surface area contributed by atoms with Gasteiger partial charge in [0.2, 0.25) is 5.91 Å². The molecule has 1 aromatic rings. The lowest BCUT2D eigenvalue weighted by Crippen LogP contribution is -2.45. The van der Waals surface area contributed by atoms with Crippen LogP contribution in [0.15, 0.2) is 24.5 Å². The number of carbonyl (C=O) groups is 1. The summed E-state index contributed by atoms with van der Waals surface area (Å²) in [5.41, 5.74) is 1.14. The normalized spacial score (nSPS) is 17.9. The van der Waals surface area contributed by atoms with Crippen molar-refractivity contribution in [1.82, 2.24) is 15.2 Å². The predicted octanol–water partition coefficient (Wildman–Crippen LogP) is 0.461. The van der Waals surface area contributed by atoms with Crippen molar-refractivity contribution in [2.24, 2.45) is 0 Å². The van der Waals surface area contributed by atoms with E-state index in [2.05, 4.69) is 15.2 Å². The van der Waals surface area contributed by atoms with Crippen molar-refractivity contribution in [3.63, 3.8) is 0 Å². The molecule has 0 spiro atoms. The zero-order valence-corrected chi connectivity index (χ0v) is 11.3. The number of rotatable bonds is 5. The minimum Gasteiger partial charge on any atom is -0.379 e. The van der Waals surface area contributed by atoms with Gasteiger partial charge in [0.05, 0.1) is 19.8 Å². The highest BCUT2D eigenvalue weighted by atomic mass is 16.5. The number of amides is 1. The number of nitrogens with zero attached hydrogens (tertiary/aromatic N) is 2. The van der Waals surface area contributed by atoms with Crippen LogP contribution < -0.4 is 5.32 Å². The van der Waals surface area contributed by atoms with E-state index < -0.39 is 0 Å². The van der Waals surface area contributed by atoms with Crippen LogP contribution >= 0.6 is 0 Å². The van der Waals surface area contributed by atoms with Crippen LogP contribution in [0.4, 0.5) is 0 Å². The van der Waals surface area contributed by atoms with Crippen molar-refractivity contribution in [3.05, 3.63) is 30.1 Å². The molecule has 2 rings (SSSR count). The Labute approximate surface area is 114 Å². The molecule has 0 aromatic carbocycles. The van der Waals surface area contributed by atoms with Crippen molar-refractivity contribution in [2.45, 2.75) is 19.4 Å². The molecular weight excluding hydrogens is 242 g/mol. The van der Waals surface area contributed by atoms with Crippen molar-refractivity contribution in [3.8, 4) is 0 Å². The Bertz CT molecular complexity index is 391. The summed E-state index contributed by atoms with van der Waals surface area (Å²) in [6.45, 7) is 5.59. The fourth-order valence-corrected chi connectivity index (χ4v) is 2.21. The highest BCUT2D eigenvalue weighted by molar-refractivity contribution is 5.78. The van der Waals surface area contributed by atoms with Gasteiger partial charge in [-0.05, 0) is 25.0 Å². The van der Waals surface area contributed by atoms with E-state index in [1.54, 1.807) is 6.20 Å². The molecule has 1 fully saturated rings. The van der Waals surface area contributed by atoms with Gasteiger partial charge < -0.3 is 10.1 Å². The fraction of sp³-hybridized carbons (Fsp3) is 0.571. The summed E-state index contributed by atoms with van der Waals surface area (Å²) in [5.74, 6) is 0.0818. The first kappa shape index (κ1) is 14.0. The maximum atomic E-state index is 11.9. The van der Waals surface area contributed by atoms with Gasteiger partial charge in [0, 0.05) is 31.5 Å². The summed E-state index contributed by atoms with van der Waals surface area (Å²) in [5, 5.41) is 3.03. The summed E-state index contributed by atoms with van der Waals surface area (Å²) in [7, 11) is 0. The van der Waals surface area contributed by atoms with E-state index in [1.807, 2.05) is 25.3 Å². The maximum absolute atomic E-state index is 11.9. The number of pyridine rings is 1. The molecule has 1 aromatic heterocycles. The van der Waals surface area contributed by atoms with Gasteiger partial charge in [0.1, 0.15) is 0 Å². The summed E-state index contributed by atoms with van der Waals surface area (Å²) in [4.78, 5) is 18.1. The predicted molar refractivity (Wildman–Crippen MR) is 72.8 cm³/mol. The number of ether oxygens (including phenoxy) is 1. The first-order valence-electron chi connectivity index (χ1n) is 6.72. The summed E-state index contributed by atoms with van der Waals surface area (Å²) in [6.07, 6.45) is 4.40. The standard InChI is InChI=1S/C14H21N3O2/c1-12(9-13-3-2-4-15-10-13)16-14(18)11-17-5-7-19-8-6-17/h2-4,10,12H,5-9,11H2,1H3,(H,16,18)/t12-/m0/s1. The first-order chi connectivity index (χ1) is 9.24. The van der Waals surface area contributed by atoms with E-state index in [-0.39, 0.29) is 11.9 Å². The lowest BCUT2D eigenvalue weighted by atomic mass is 10.1. The van der Waals surface area contributed by atoms with Gasteiger partial charge in [-0.1, -0.05) is 6.07 Å². The van der Waals surface area contributed by atoms with E-state index in [1.165, 1.54) is 0 Å². The van der Waals surface area contributed by atoms with Crippen molar-refractivity contribution >= 4 is 5.91 Å². The molecule has 19 heavy (non-hydrogen) atoms. The van der Waals surface area contributed by atoms with E-state index in [9.17, 15) is 4.79 Å². The van der Waals surface area contributed by atoms with E-state index >= 15 is 0 Å². The number of aromatic nitrogens is 1. The van der Waals surface area contributed by atoms with Crippen LogP contribution in [-0.4, -0.2) is 54.7 Å². The van der Waals surface area contributed by atoms with Crippen LogP contribution in [0.5, 0.6) is 0 Å². The van der Waals surface area contributed by atoms with E-state index in [4.69, 9.17) is 4.74 Å². The third kappa shape index (κ3) is 4.96. The third-order valence-electron chi connectivity index (χ3n) is 3.14. The zero-order valence-electron chi connectivity index (χ0n) is 11.3. The molecule has 1 aliphatic rings. The number of morpholine rings is 1. The SMILES string of the molecule is C[C@@H](Cc1cccnc1)NC(=O)CN1CCOCC1. The fourth-order valence-electron chi connectivity index (χ4n) is 2.21. The molecule has 1 N–H and O–H groups in total. The molecule has 0 radical (unpaired) electrons. The Morgan fingerprint density at radius 1 is 1.53 bits per heavy atom. The third-order valence-corrected chi connectivity index (χ3v) is 3.14. The summed E-state index contributed by atoms with van der Waals surface area (Å²) in [6, 6.07) is 4.06. The Morgan fingerprint density at radius 2 is 2.32 bits per heavy atom. The molecule has 1 atom stereocenters. The Balaban J connectivity index is 1.72. The highest BCUT2D eigenvalue weighted by Crippen LogP contribution is 2.01.